The van der Waals surface area contributed by atoms with Gasteiger partial charge in [-0.2, -0.15) is 0 Å². The van der Waals surface area contributed by atoms with Gasteiger partial charge in [0, 0.05) is 31.5 Å². The molecule has 1 aliphatic heterocycles. The van der Waals surface area contributed by atoms with Gasteiger partial charge in [0.1, 0.15) is 5.75 Å². The molecule has 0 bridgehead atoms. The highest BCUT2D eigenvalue weighted by molar-refractivity contribution is 7.89. The lowest BCUT2D eigenvalue weighted by atomic mass is 10.0. The fourth-order valence-corrected chi connectivity index (χ4v) is 3.89. The predicted octanol–water partition coefficient (Wildman–Crippen LogP) is 2.46. The Hall–Kier alpha value is -1.96. The zero-order valence-electron chi connectivity index (χ0n) is 14.1. The molecule has 6 nitrogen and oxygen atoms in total. The third-order valence-corrected chi connectivity index (χ3v) is 5.79. The molecule has 7 heteroatoms. The molecule has 134 valence electrons. The summed E-state index contributed by atoms with van der Waals surface area (Å²) in [5, 5.41) is 0. The van der Waals surface area contributed by atoms with Gasteiger partial charge in [0.25, 0.3) is 0 Å². The summed E-state index contributed by atoms with van der Waals surface area (Å²) in [6.45, 7) is 1.86. The molecule has 0 saturated carbocycles. The van der Waals surface area contributed by atoms with Crippen LogP contribution in [0.5, 0.6) is 5.75 Å². The Morgan fingerprint density at radius 3 is 2.56 bits per heavy atom. The summed E-state index contributed by atoms with van der Waals surface area (Å²) in [5.74, 6) is 0.998. The molecule has 2 aromatic rings. The van der Waals surface area contributed by atoms with E-state index in [1.54, 1.807) is 43.8 Å². The minimum Gasteiger partial charge on any atom is -0.495 e. The fraction of sp³-hybridized carbons (Fsp3) is 0.389. The molecule has 1 N–H and O–H groups in total. The van der Waals surface area contributed by atoms with E-state index in [9.17, 15) is 8.42 Å². The highest BCUT2D eigenvalue weighted by Crippen LogP contribution is 2.24. The zero-order valence-corrected chi connectivity index (χ0v) is 15.0. The van der Waals surface area contributed by atoms with E-state index in [-0.39, 0.29) is 4.90 Å². The average molecular weight is 362 g/mol. The van der Waals surface area contributed by atoms with Crippen LogP contribution in [0.1, 0.15) is 12.8 Å². The van der Waals surface area contributed by atoms with Crippen LogP contribution < -0.4 is 9.46 Å². The number of hydrogen-bond acceptors (Lipinski definition) is 5. The van der Waals surface area contributed by atoms with Crippen molar-refractivity contribution in [1.29, 1.82) is 0 Å². The molecule has 1 aliphatic rings. The number of ether oxygens (including phenoxy) is 2. The van der Waals surface area contributed by atoms with Crippen molar-refractivity contribution in [2.45, 2.75) is 17.7 Å². The van der Waals surface area contributed by atoms with Crippen molar-refractivity contribution in [1.82, 2.24) is 9.71 Å². The average Bonchev–Trinajstić information content (AvgIpc) is 2.67. The number of benzene rings is 1. The largest absolute Gasteiger partial charge is 0.495 e. The van der Waals surface area contributed by atoms with E-state index in [0.717, 1.165) is 24.0 Å². The summed E-state index contributed by atoms with van der Waals surface area (Å²) in [5.41, 5.74) is 1.76. The number of methoxy groups -OCH3 is 1. The van der Waals surface area contributed by atoms with E-state index >= 15 is 0 Å². The number of sulfonamides is 1. The molecule has 1 aromatic heterocycles. The van der Waals surface area contributed by atoms with Crippen LogP contribution >= 0.6 is 0 Å². The van der Waals surface area contributed by atoms with Gasteiger partial charge in [-0.3, -0.25) is 4.98 Å². The summed E-state index contributed by atoms with van der Waals surface area (Å²) in [4.78, 5) is 4.38. The first-order chi connectivity index (χ1) is 12.1. The minimum atomic E-state index is -3.50. The van der Waals surface area contributed by atoms with Gasteiger partial charge in [-0.15, -0.1) is 0 Å². The number of nitrogens with zero attached hydrogens (tertiary/aromatic N) is 1. The lowest BCUT2D eigenvalue weighted by Crippen LogP contribution is -2.32. The molecule has 0 atom stereocenters. The molecule has 0 amide bonds. The third kappa shape index (κ3) is 4.56. The smallest absolute Gasteiger partial charge is 0.240 e. The summed E-state index contributed by atoms with van der Waals surface area (Å²) < 4.78 is 38.1. The lowest BCUT2D eigenvalue weighted by molar-refractivity contribution is 0.0678. The highest BCUT2D eigenvalue weighted by Gasteiger charge is 2.19. The van der Waals surface area contributed by atoms with Crippen LogP contribution in [0.25, 0.3) is 11.1 Å². The number of aromatic nitrogens is 1. The van der Waals surface area contributed by atoms with Crippen molar-refractivity contribution < 1.29 is 17.9 Å². The van der Waals surface area contributed by atoms with Gasteiger partial charge < -0.3 is 9.47 Å². The van der Waals surface area contributed by atoms with Gasteiger partial charge in [0.15, 0.2) is 0 Å². The Bertz CT molecular complexity index is 800. The SMILES string of the molecule is COc1cncc(-c2ccc(S(=O)(=O)NCC3CCOCC3)cc2)c1. The van der Waals surface area contributed by atoms with Crippen LogP contribution in [-0.4, -0.2) is 40.3 Å². The van der Waals surface area contributed by atoms with Crippen molar-refractivity contribution in [3.63, 3.8) is 0 Å². The first-order valence-electron chi connectivity index (χ1n) is 8.25. The van der Waals surface area contributed by atoms with Gasteiger partial charge in [0.2, 0.25) is 10.0 Å². The van der Waals surface area contributed by atoms with Crippen molar-refractivity contribution in [3.05, 3.63) is 42.7 Å². The third-order valence-electron chi connectivity index (χ3n) is 4.35. The fourth-order valence-electron chi connectivity index (χ4n) is 2.78. The molecule has 3 rings (SSSR count). The van der Waals surface area contributed by atoms with Crippen LogP contribution in [0.2, 0.25) is 0 Å². The van der Waals surface area contributed by atoms with E-state index in [1.165, 1.54) is 0 Å². The van der Waals surface area contributed by atoms with E-state index in [1.807, 2.05) is 6.07 Å². The molecule has 0 unspecified atom stereocenters. The van der Waals surface area contributed by atoms with Crippen LogP contribution in [0.3, 0.4) is 0 Å². The number of hydrogen-bond donors (Lipinski definition) is 1. The maximum absolute atomic E-state index is 12.4. The Labute approximate surface area is 148 Å². The van der Waals surface area contributed by atoms with Gasteiger partial charge in [-0.05, 0) is 42.5 Å². The number of nitrogens with one attached hydrogen (secondary N) is 1. The second-order valence-corrected chi connectivity index (χ2v) is 7.81. The lowest BCUT2D eigenvalue weighted by Gasteiger charge is -2.22. The van der Waals surface area contributed by atoms with Crippen LogP contribution in [0, 0.1) is 5.92 Å². The molecule has 0 spiro atoms. The molecule has 1 aromatic carbocycles. The molecule has 1 saturated heterocycles. The molecule has 2 heterocycles. The Kier molecular flexibility index (Phi) is 5.67. The van der Waals surface area contributed by atoms with Crippen molar-refractivity contribution in [2.24, 2.45) is 5.92 Å². The first-order valence-corrected chi connectivity index (χ1v) is 9.74. The standard InChI is InChI=1S/C18H22N2O4S/c1-23-17-10-16(12-19-13-17)15-2-4-18(5-3-15)25(21,22)20-11-14-6-8-24-9-7-14/h2-5,10,12-14,20H,6-9,11H2,1H3. The van der Waals surface area contributed by atoms with E-state index < -0.39 is 10.0 Å². The van der Waals surface area contributed by atoms with E-state index in [0.29, 0.717) is 31.4 Å². The van der Waals surface area contributed by atoms with E-state index in [4.69, 9.17) is 9.47 Å². The quantitative estimate of drug-likeness (QED) is 0.854. The molecule has 0 aliphatic carbocycles. The summed E-state index contributed by atoms with van der Waals surface area (Å²) in [6, 6.07) is 8.64. The Balaban J connectivity index is 1.69. The molecular weight excluding hydrogens is 340 g/mol. The second kappa shape index (κ2) is 7.95. The monoisotopic (exact) mass is 362 g/mol. The van der Waals surface area contributed by atoms with Crippen molar-refractivity contribution >= 4 is 10.0 Å². The van der Waals surface area contributed by atoms with Crippen molar-refractivity contribution in [3.8, 4) is 16.9 Å². The van der Waals surface area contributed by atoms with Crippen LogP contribution in [0.15, 0.2) is 47.6 Å². The summed E-state index contributed by atoms with van der Waals surface area (Å²) in [7, 11) is -1.92. The van der Waals surface area contributed by atoms with Gasteiger partial charge in [-0.25, -0.2) is 13.1 Å². The number of rotatable bonds is 6. The molecule has 1 fully saturated rings. The molecular formula is C18H22N2O4S. The maximum atomic E-state index is 12.4. The van der Waals surface area contributed by atoms with Crippen LogP contribution in [0.4, 0.5) is 0 Å². The second-order valence-electron chi connectivity index (χ2n) is 6.05. The Morgan fingerprint density at radius 2 is 1.88 bits per heavy atom. The highest BCUT2D eigenvalue weighted by atomic mass is 32.2. The maximum Gasteiger partial charge on any atom is 0.240 e. The topological polar surface area (TPSA) is 77.5 Å². The summed E-state index contributed by atoms with van der Waals surface area (Å²) >= 11 is 0. The Morgan fingerprint density at radius 1 is 1.16 bits per heavy atom. The van der Waals surface area contributed by atoms with Crippen molar-refractivity contribution in [2.75, 3.05) is 26.9 Å². The summed E-state index contributed by atoms with van der Waals surface area (Å²) in [6.07, 6.45) is 5.13. The zero-order chi connectivity index (χ0) is 17.7. The van der Waals surface area contributed by atoms with E-state index in [2.05, 4.69) is 9.71 Å². The first kappa shape index (κ1) is 17.8. The van der Waals surface area contributed by atoms with Gasteiger partial charge in [-0.1, -0.05) is 12.1 Å². The van der Waals surface area contributed by atoms with Crippen LogP contribution in [-0.2, 0) is 14.8 Å². The van der Waals surface area contributed by atoms with Gasteiger partial charge >= 0.3 is 0 Å². The minimum absolute atomic E-state index is 0.263. The van der Waals surface area contributed by atoms with Gasteiger partial charge in [0.05, 0.1) is 18.2 Å². The predicted molar refractivity (Wildman–Crippen MR) is 95.0 cm³/mol. The molecule has 25 heavy (non-hydrogen) atoms. The number of pyridine rings is 1. The normalized spacial score (nSPS) is 15.9. The molecule has 0 radical (unpaired) electrons.